The smallest absolute Gasteiger partial charge is 0.150 e. The number of halogens is 1. The number of nitrogens with zero attached hydrogens (tertiary/aromatic N) is 1. The van der Waals surface area contributed by atoms with Gasteiger partial charge in [-0.2, -0.15) is 0 Å². The fourth-order valence-corrected chi connectivity index (χ4v) is 5.61. The fourth-order valence-electron chi connectivity index (χ4n) is 2.70. The van der Waals surface area contributed by atoms with E-state index in [2.05, 4.69) is 27.0 Å². The van der Waals surface area contributed by atoms with Crippen LogP contribution in [0.15, 0.2) is 36.4 Å². The average molecular weight is 354 g/mol. The van der Waals surface area contributed by atoms with Gasteiger partial charge in [0.1, 0.15) is 0 Å². The summed E-state index contributed by atoms with van der Waals surface area (Å²) in [6, 6.07) is 12.1. The predicted molar refractivity (Wildman–Crippen MR) is 84.9 cm³/mol. The van der Waals surface area contributed by atoms with Crippen molar-refractivity contribution in [2.75, 3.05) is 11.5 Å². The molecule has 0 amide bonds. The lowest BCUT2D eigenvalue weighted by molar-refractivity contribution is 0.560. The van der Waals surface area contributed by atoms with E-state index < -0.39 is 9.84 Å². The number of sulfone groups is 1. The van der Waals surface area contributed by atoms with E-state index in [9.17, 15) is 8.42 Å². The van der Waals surface area contributed by atoms with E-state index in [-0.39, 0.29) is 10.7 Å². The molecule has 1 aromatic heterocycles. The minimum atomic E-state index is -2.82. The van der Waals surface area contributed by atoms with E-state index in [1.54, 1.807) is 0 Å². The maximum atomic E-state index is 11.5. The number of para-hydroxylation sites is 1. The van der Waals surface area contributed by atoms with Gasteiger partial charge in [0.25, 0.3) is 0 Å². The van der Waals surface area contributed by atoms with Crippen molar-refractivity contribution < 1.29 is 8.42 Å². The highest BCUT2D eigenvalue weighted by molar-refractivity contribution is 9.09. The molecule has 1 saturated heterocycles. The van der Waals surface area contributed by atoms with Crippen molar-refractivity contribution in [1.82, 2.24) is 4.98 Å². The van der Waals surface area contributed by atoms with Gasteiger partial charge in [-0.25, -0.2) is 8.42 Å². The molecule has 2 heterocycles. The summed E-state index contributed by atoms with van der Waals surface area (Å²) >= 11 is 3.65. The lowest BCUT2D eigenvalue weighted by atomic mass is 10.0. The Hall–Kier alpha value is -0.940. The molecule has 20 heavy (non-hydrogen) atoms. The number of benzene rings is 1. The highest BCUT2D eigenvalue weighted by atomic mass is 79.9. The zero-order valence-corrected chi connectivity index (χ0v) is 13.4. The first-order chi connectivity index (χ1) is 9.53. The summed E-state index contributed by atoms with van der Waals surface area (Å²) in [4.78, 5) is 4.82. The molecule has 1 aliphatic heterocycles. The van der Waals surface area contributed by atoms with E-state index in [0.717, 1.165) is 29.4 Å². The van der Waals surface area contributed by atoms with Crippen LogP contribution in [-0.2, 0) is 16.3 Å². The van der Waals surface area contributed by atoms with Crippen molar-refractivity contribution in [3.05, 3.63) is 42.1 Å². The average Bonchev–Trinajstić information content (AvgIpc) is 2.79. The molecule has 5 heteroatoms. The van der Waals surface area contributed by atoms with Crippen LogP contribution in [0.25, 0.3) is 10.9 Å². The van der Waals surface area contributed by atoms with Crippen LogP contribution in [0.2, 0.25) is 0 Å². The van der Waals surface area contributed by atoms with E-state index in [4.69, 9.17) is 0 Å². The first kappa shape index (κ1) is 14.0. The summed E-state index contributed by atoms with van der Waals surface area (Å²) in [5.41, 5.74) is 2.00. The normalized spacial score (nSPS) is 22.9. The van der Waals surface area contributed by atoms with Crippen LogP contribution in [0.1, 0.15) is 12.1 Å². The van der Waals surface area contributed by atoms with Crippen molar-refractivity contribution in [1.29, 1.82) is 0 Å². The molecule has 3 rings (SSSR count). The molecule has 2 aromatic rings. The Morgan fingerprint density at radius 3 is 2.80 bits per heavy atom. The summed E-state index contributed by atoms with van der Waals surface area (Å²) < 4.78 is 23.1. The number of hydrogen-bond donors (Lipinski definition) is 0. The van der Waals surface area contributed by atoms with Gasteiger partial charge in [-0.1, -0.05) is 40.2 Å². The van der Waals surface area contributed by atoms with Gasteiger partial charge in [-0.05, 0) is 24.5 Å². The van der Waals surface area contributed by atoms with E-state index in [1.165, 1.54) is 0 Å². The molecule has 1 aliphatic rings. The Morgan fingerprint density at radius 1 is 1.25 bits per heavy atom. The monoisotopic (exact) mass is 353 g/mol. The highest BCUT2D eigenvalue weighted by Gasteiger charge is 2.32. The molecule has 106 valence electrons. The van der Waals surface area contributed by atoms with E-state index >= 15 is 0 Å². The molecule has 1 fully saturated rings. The van der Waals surface area contributed by atoms with Gasteiger partial charge in [0.15, 0.2) is 9.84 Å². The predicted octanol–water partition coefficient (Wildman–Crippen LogP) is 2.98. The Bertz CT molecular complexity index is 729. The summed E-state index contributed by atoms with van der Waals surface area (Å²) in [5.74, 6) is 0.829. The first-order valence-electron chi connectivity index (χ1n) is 6.73. The van der Waals surface area contributed by atoms with Crippen molar-refractivity contribution in [2.24, 2.45) is 5.92 Å². The summed E-state index contributed by atoms with van der Waals surface area (Å²) in [5, 5.41) is 1.13. The second-order valence-corrected chi connectivity index (χ2v) is 8.78. The Morgan fingerprint density at radius 2 is 2.05 bits per heavy atom. The van der Waals surface area contributed by atoms with Gasteiger partial charge in [-0.3, -0.25) is 4.98 Å². The first-order valence-corrected chi connectivity index (χ1v) is 9.46. The quantitative estimate of drug-likeness (QED) is 0.797. The Balaban J connectivity index is 1.76. The number of rotatable bonds is 3. The second-order valence-electron chi connectivity index (χ2n) is 5.38. The minimum absolute atomic E-state index is 0.174. The van der Waals surface area contributed by atoms with E-state index in [0.29, 0.717) is 11.5 Å². The molecule has 0 bridgehead atoms. The highest BCUT2D eigenvalue weighted by Crippen LogP contribution is 2.28. The van der Waals surface area contributed by atoms with Gasteiger partial charge in [0, 0.05) is 22.3 Å². The largest absolute Gasteiger partial charge is 0.253 e. The fraction of sp³-hybridized carbons (Fsp3) is 0.400. The topological polar surface area (TPSA) is 47.0 Å². The molecule has 3 nitrogen and oxygen atoms in total. The van der Waals surface area contributed by atoms with Gasteiger partial charge in [0.05, 0.1) is 17.0 Å². The Kier molecular flexibility index (Phi) is 3.82. The van der Waals surface area contributed by atoms with Crippen LogP contribution in [0.5, 0.6) is 0 Å². The maximum absolute atomic E-state index is 11.5. The lowest BCUT2D eigenvalue weighted by Crippen LogP contribution is -2.18. The summed E-state index contributed by atoms with van der Waals surface area (Å²) in [7, 11) is -2.82. The summed E-state index contributed by atoms with van der Waals surface area (Å²) in [6.45, 7) is 0. The van der Waals surface area contributed by atoms with Gasteiger partial charge >= 0.3 is 0 Å². The van der Waals surface area contributed by atoms with Crippen LogP contribution >= 0.6 is 15.9 Å². The third-order valence-corrected chi connectivity index (χ3v) is 6.70. The molecule has 0 aliphatic carbocycles. The third-order valence-electron chi connectivity index (χ3n) is 3.84. The third kappa shape index (κ3) is 3.04. The molecule has 0 spiro atoms. The molecular weight excluding hydrogens is 338 g/mol. The molecule has 1 aromatic carbocycles. The van der Waals surface area contributed by atoms with Crippen LogP contribution < -0.4 is 0 Å². The second kappa shape index (κ2) is 5.45. The number of fused-ring (bicyclic) bond motifs is 1. The summed E-state index contributed by atoms with van der Waals surface area (Å²) in [6.07, 6.45) is 1.52. The number of hydrogen-bond acceptors (Lipinski definition) is 3. The van der Waals surface area contributed by atoms with E-state index in [1.807, 2.05) is 30.3 Å². The molecule has 0 saturated carbocycles. The van der Waals surface area contributed by atoms with Gasteiger partial charge < -0.3 is 0 Å². The number of alkyl halides is 1. The van der Waals surface area contributed by atoms with Crippen LogP contribution in [0.4, 0.5) is 0 Å². The van der Waals surface area contributed by atoms with Crippen LogP contribution in [0.3, 0.4) is 0 Å². The molecular formula is C15H16BrNO2S. The van der Waals surface area contributed by atoms with Crippen molar-refractivity contribution >= 4 is 36.7 Å². The van der Waals surface area contributed by atoms with Gasteiger partial charge in [0.2, 0.25) is 0 Å². The lowest BCUT2D eigenvalue weighted by Gasteiger charge is -2.15. The van der Waals surface area contributed by atoms with Crippen molar-refractivity contribution in [2.45, 2.75) is 17.7 Å². The molecule has 2 unspecified atom stereocenters. The van der Waals surface area contributed by atoms with Crippen LogP contribution in [0, 0.1) is 5.92 Å². The number of pyridine rings is 1. The SMILES string of the molecule is O=S1(=O)CCC(C(Br)Cc2ccc3ccccc3n2)C1. The molecule has 0 N–H and O–H groups in total. The Labute approximate surface area is 127 Å². The standard InChI is InChI=1S/C15H16BrNO2S/c16-14(12-7-8-20(18,19)10-12)9-13-6-5-11-3-1-2-4-15(11)17-13/h1-6,12,14H,7-10H2. The molecule has 2 atom stereocenters. The van der Waals surface area contributed by atoms with Crippen molar-refractivity contribution in [3.63, 3.8) is 0 Å². The van der Waals surface area contributed by atoms with Crippen LogP contribution in [-0.4, -0.2) is 29.7 Å². The molecule has 0 radical (unpaired) electrons. The van der Waals surface area contributed by atoms with Gasteiger partial charge in [-0.15, -0.1) is 0 Å². The minimum Gasteiger partial charge on any atom is -0.253 e. The maximum Gasteiger partial charge on any atom is 0.150 e. The number of aromatic nitrogens is 1. The zero-order valence-electron chi connectivity index (χ0n) is 11.0. The zero-order chi connectivity index (χ0) is 14.2. The van der Waals surface area contributed by atoms with Crippen molar-refractivity contribution in [3.8, 4) is 0 Å².